The van der Waals surface area contributed by atoms with Crippen LogP contribution in [0, 0.1) is 0 Å². The number of hydrogen-bond donors (Lipinski definition) is 2. The molecule has 5 rings (SSSR count). The maximum atomic E-state index is 12.1. The van der Waals surface area contributed by atoms with Crippen LogP contribution in [0.2, 0.25) is 0 Å². The van der Waals surface area contributed by atoms with Crippen molar-refractivity contribution in [2.75, 3.05) is 5.73 Å². The Morgan fingerprint density at radius 2 is 1.69 bits per heavy atom. The van der Waals surface area contributed by atoms with Crippen molar-refractivity contribution in [2.24, 2.45) is 0 Å². The van der Waals surface area contributed by atoms with E-state index in [-0.39, 0.29) is 16.4 Å². The Hall–Kier alpha value is -3.25. The van der Waals surface area contributed by atoms with Gasteiger partial charge in [-0.1, -0.05) is 54.2 Å². The molecule has 1 aliphatic rings. The molecule has 4 aromatic rings. The van der Waals surface area contributed by atoms with Crippen molar-refractivity contribution >= 4 is 50.4 Å². The minimum atomic E-state index is -0.382. The minimum absolute atomic E-state index is 0.206. The molecule has 144 valence electrons. The first-order chi connectivity index (χ1) is 14.1. The van der Waals surface area contributed by atoms with Crippen LogP contribution in [0.1, 0.15) is 11.1 Å². The normalized spacial score (nSPS) is 16.6. The summed E-state index contributed by atoms with van der Waals surface area (Å²) in [6, 6.07) is 22.4. The van der Waals surface area contributed by atoms with Crippen molar-refractivity contribution < 1.29 is 9.59 Å². The Bertz CT molecular complexity index is 1260. The third-order valence-corrected chi connectivity index (χ3v) is 6.36. The summed E-state index contributed by atoms with van der Waals surface area (Å²) in [5.41, 5.74) is 11.1. The van der Waals surface area contributed by atoms with Crippen molar-refractivity contribution in [1.82, 2.24) is 9.88 Å². The predicted molar refractivity (Wildman–Crippen MR) is 118 cm³/mol. The molecule has 29 heavy (non-hydrogen) atoms. The number of anilines is 1. The number of nitrogens with zero attached hydrogens (tertiary/aromatic N) is 1. The summed E-state index contributed by atoms with van der Waals surface area (Å²) >= 11 is 1.07. The third kappa shape index (κ3) is 3.15. The van der Waals surface area contributed by atoms with Crippen molar-refractivity contribution in [3.05, 3.63) is 77.9 Å². The standard InChI is InChI=1S/C23H19N3O2S/c24-16-10-8-14(9-11-16)13-26-18-6-2-1-5-17(18)21-15(4-3-7-19(21)26)12-20-22(27)25-23(28)29-20/h1-11,20H,12-13,24H2,(H,25,27,28). The van der Waals surface area contributed by atoms with Crippen LogP contribution in [0.4, 0.5) is 10.5 Å². The molecule has 6 heteroatoms. The lowest BCUT2D eigenvalue weighted by Crippen LogP contribution is -2.25. The summed E-state index contributed by atoms with van der Waals surface area (Å²) in [6.45, 7) is 0.727. The van der Waals surface area contributed by atoms with Gasteiger partial charge in [-0.2, -0.15) is 0 Å². The van der Waals surface area contributed by atoms with E-state index in [2.05, 4.69) is 34.1 Å². The molecular weight excluding hydrogens is 382 g/mol. The number of carbonyl (C=O) groups is 2. The van der Waals surface area contributed by atoms with Crippen LogP contribution < -0.4 is 11.1 Å². The summed E-state index contributed by atoms with van der Waals surface area (Å²) in [5, 5.41) is 4.04. The van der Waals surface area contributed by atoms with Crippen LogP contribution >= 0.6 is 11.8 Å². The van der Waals surface area contributed by atoms with Crippen LogP contribution in [0.15, 0.2) is 66.7 Å². The Balaban J connectivity index is 1.65. The number of nitrogens with two attached hydrogens (primary N) is 1. The van der Waals surface area contributed by atoms with E-state index in [9.17, 15) is 9.59 Å². The molecule has 1 fully saturated rings. The van der Waals surface area contributed by atoms with Crippen molar-refractivity contribution in [1.29, 1.82) is 0 Å². The molecule has 5 nitrogen and oxygen atoms in total. The lowest BCUT2D eigenvalue weighted by Gasteiger charge is -2.10. The third-order valence-electron chi connectivity index (χ3n) is 5.38. The van der Waals surface area contributed by atoms with Gasteiger partial charge in [-0.05, 0) is 41.8 Å². The average Bonchev–Trinajstić information content (AvgIpc) is 3.21. The molecule has 0 saturated carbocycles. The molecular formula is C23H19N3O2S. The second-order valence-electron chi connectivity index (χ2n) is 7.24. The zero-order valence-corrected chi connectivity index (χ0v) is 16.4. The van der Waals surface area contributed by atoms with Crippen molar-refractivity contribution in [3.63, 3.8) is 0 Å². The number of rotatable bonds is 4. The van der Waals surface area contributed by atoms with Gasteiger partial charge in [0.25, 0.3) is 5.24 Å². The van der Waals surface area contributed by atoms with Crippen LogP contribution in [0.3, 0.4) is 0 Å². The largest absolute Gasteiger partial charge is 0.399 e. The molecule has 3 aromatic carbocycles. The zero-order chi connectivity index (χ0) is 20.0. The van der Waals surface area contributed by atoms with Gasteiger partial charge < -0.3 is 10.3 Å². The Kier molecular flexibility index (Phi) is 4.28. The highest BCUT2D eigenvalue weighted by molar-refractivity contribution is 8.15. The summed E-state index contributed by atoms with van der Waals surface area (Å²) in [4.78, 5) is 23.7. The van der Waals surface area contributed by atoms with Gasteiger partial charge in [-0.3, -0.25) is 14.9 Å². The summed E-state index contributed by atoms with van der Waals surface area (Å²) < 4.78 is 2.30. The lowest BCUT2D eigenvalue weighted by molar-refractivity contribution is -0.118. The molecule has 1 atom stereocenters. The Morgan fingerprint density at radius 1 is 0.931 bits per heavy atom. The Labute approximate surface area is 171 Å². The van der Waals surface area contributed by atoms with E-state index in [1.54, 1.807) is 0 Å². The van der Waals surface area contributed by atoms with Gasteiger partial charge in [-0.25, -0.2) is 0 Å². The number of fused-ring (bicyclic) bond motifs is 3. The monoisotopic (exact) mass is 401 g/mol. The number of nitrogen functional groups attached to an aromatic ring is 1. The van der Waals surface area contributed by atoms with Crippen molar-refractivity contribution in [2.45, 2.75) is 18.2 Å². The van der Waals surface area contributed by atoms with E-state index in [1.165, 1.54) is 5.56 Å². The molecule has 1 aliphatic heterocycles. The van der Waals surface area contributed by atoms with E-state index >= 15 is 0 Å². The summed E-state index contributed by atoms with van der Waals surface area (Å²) in [7, 11) is 0. The molecule has 2 heterocycles. The van der Waals surface area contributed by atoms with E-state index in [1.807, 2.05) is 42.5 Å². The number of amides is 2. The fourth-order valence-corrected chi connectivity index (χ4v) is 4.89. The van der Waals surface area contributed by atoms with Crippen molar-refractivity contribution in [3.8, 4) is 0 Å². The van der Waals surface area contributed by atoms with E-state index in [0.29, 0.717) is 6.42 Å². The summed E-state index contributed by atoms with van der Waals surface area (Å²) in [5.74, 6) is -0.206. The Morgan fingerprint density at radius 3 is 2.45 bits per heavy atom. The molecule has 0 aliphatic carbocycles. The highest BCUT2D eigenvalue weighted by Crippen LogP contribution is 2.34. The fourth-order valence-electron chi connectivity index (χ4n) is 4.05. The molecule has 2 amide bonds. The number of carbonyl (C=O) groups excluding carboxylic acids is 2. The topological polar surface area (TPSA) is 77.1 Å². The first kappa shape index (κ1) is 17.8. The van der Waals surface area contributed by atoms with Gasteiger partial charge in [0, 0.05) is 34.0 Å². The lowest BCUT2D eigenvalue weighted by atomic mass is 10.0. The van der Waals surface area contributed by atoms with E-state index < -0.39 is 0 Å². The highest BCUT2D eigenvalue weighted by Gasteiger charge is 2.32. The van der Waals surface area contributed by atoms with E-state index in [0.717, 1.165) is 51.4 Å². The van der Waals surface area contributed by atoms with E-state index in [4.69, 9.17) is 5.73 Å². The first-order valence-corrected chi connectivity index (χ1v) is 10.3. The number of thioether (sulfide) groups is 1. The zero-order valence-electron chi connectivity index (χ0n) is 15.6. The van der Waals surface area contributed by atoms with Gasteiger partial charge in [-0.15, -0.1) is 0 Å². The quantitative estimate of drug-likeness (QED) is 0.499. The number of imide groups is 1. The van der Waals surface area contributed by atoms with Crippen LogP contribution in [0.5, 0.6) is 0 Å². The van der Waals surface area contributed by atoms with Gasteiger partial charge in [0.15, 0.2) is 0 Å². The molecule has 1 saturated heterocycles. The van der Waals surface area contributed by atoms with Crippen LogP contribution in [0.25, 0.3) is 21.8 Å². The number of nitrogens with one attached hydrogen (secondary N) is 1. The maximum Gasteiger partial charge on any atom is 0.286 e. The summed E-state index contributed by atoms with van der Waals surface area (Å²) in [6.07, 6.45) is 0.523. The second-order valence-corrected chi connectivity index (χ2v) is 8.42. The molecule has 1 unspecified atom stereocenters. The number of aromatic nitrogens is 1. The minimum Gasteiger partial charge on any atom is -0.399 e. The molecule has 0 radical (unpaired) electrons. The van der Waals surface area contributed by atoms with Gasteiger partial charge in [0.1, 0.15) is 0 Å². The number of benzene rings is 3. The van der Waals surface area contributed by atoms with Gasteiger partial charge in [0.2, 0.25) is 5.91 Å². The van der Waals surface area contributed by atoms with Gasteiger partial charge >= 0.3 is 0 Å². The highest BCUT2D eigenvalue weighted by atomic mass is 32.2. The average molecular weight is 401 g/mol. The fraction of sp³-hybridized carbons (Fsp3) is 0.130. The molecule has 3 N–H and O–H groups in total. The number of hydrogen-bond acceptors (Lipinski definition) is 4. The predicted octanol–water partition coefficient (Wildman–Crippen LogP) is 4.32. The molecule has 0 spiro atoms. The molecule has 0 bridgehead atoms. The SMILES string of the molecule is Nc1ccc(Cn2c3ccccc3c3c(CC4SC(=O)NC4=O)cccc32)cc1. The smallest absolute Gasteiger partial charge is 0.286 e. The molecule has 1 aromatic heterocycles. The maximum absolute atomic E-state index is 12.1. The van der Waals surface area contributed by atoms with Crippen LogP contribution in [-0.2, 0) is 17.8 Å². The van der Waals surface area contributed by atoms with Gasteiger partial charge in [0.05, 0.1) is 5.25 Å². The second kappa shape index (κ2) is 6.97. The first-order valence-electron chi connectivity index (χ1n) is 9.45. The van der Waals surface area contributed by atoms with Crippen LogP contribution in [-0.4, -0.2) is 21.0 Å². The number of para-hydroxylation sites is 1.